The van der Waals surface area contributed by atoms with E-state index in [1.165, 1.54) is 83.4 Å². The van der Waals surface area contributed by atoms with Gasteiger partial charge in [0.15, 0.2) is 0 Å². The van der Waals surface area contributed by atoms with Gasteiger partial charge in [0.2, 0.25) is 12.4 Å². The second-order valence-electron chi connectivity index (χ2n) is 18.1. The van der Waals surface area contributed by atoms with Gasteiger partial charge in [0.05, 0.1) is 20.5 Å². The average molecular weight is 643 g/mol. The first-order valence-electron chi connectivity index (χ1n) is 17.9. The fourth-order valence-electron chi connectivity index (χ4n) is 8.21. The van der Waals surface area contributed by atoms with E-state index in [4.69, 9.17) is 0 Å². The lowest BCUT2D eigenvalue weighted by atomic mass is 9.77. The van der Waals surface area contributed by atoms with Crippen molar-refractivity contribution < 1.29 is 9.35 Å². The Hall–Kier alpha value is -4.56. The first-order valence-corrected chi connectivity index (χ1v) is 17.9. The number of aromatic nitrogens is 2. The summed E-state index contributed by atoms with van der Waals surface area (Å²) in [7, 11) is 0. The number of nitrogens with zero attached hydrogens (tertiary/aromatic N) is 2. The molecule has 8 rings (SSSR count). The molecular formula is C47H50N2+2. The first-order chi connectivity index (χ1) is 22.9. The van der Waals surface area contributed by atoms with Gasteiger partial charge in [0.25, 0.3) is 11.4 Å². The number of rotatable bonds is 0. The van der Waals surface area contributed by atoms with Crippen molar-refractivity contribution in [2.75, 3.05) is 0 Å². The van der Waals surface area contributed by atoms with Gasteiger partial charge in [-0.15, -0.1) is 0 Å². The van der Waals surface area contributed by atoms with E-state index in [2.05, 4.69) is 189 Å². The van der Waals surface area contributed by atoms with Gasteiger partial charge < -0.3 is 0 Å². The second kappa shape index (κ2) is 10.2. The lowest BCUT2D eigenvalue weighted by Gasteiger charge is -2.26. The standard InChI is InChI=1S/C47H50N2/c1-44(2,3)30-17-20-34-36(24-30)37-27-40-38(35-19-16-29-14-12-13-15-33(29)43(35)47(40,10)11)26-39(37)42-25-31(45(4,5)6)22-23-48(42)49-28-32(46(7,8)9)18-21-41(34)49/h12-28H,1-11H3/q+2. The monoisotopic (exact) mass is 642 g/mol. The van der Waals surface area contributed by atoms with Crippen LogP contribution in [0, 0.1) is 0 Å². The molecule has 0 spiro atoms. The highest BCUT2D eigenvalue weighted by Crippen LogP contribution is 2.54. The molecular weight excluding hydrogens is 593 g/mol. The van der Waals surface area contributed by atoms with E-state index >= 15 is 0 Å². The third kappa shape index (κ3) is 4.82. The van der Waals surface area contributed by atoms with Crippen LogP contribution in [0.25, 0.3) is 55.5 Å². The van der Waals surface area contributed by atoms with Crippen LogP contribution in [-0.2, 0) is 21.7 Å². The third-order valence-corrected chi connectivity index (χ3v) is 11.2. The van der Waals surface area contributed by atoms with Crippen LogP contribution in [0.4, 0.5) is 0 Å². The number of pyridine rings is 2. The topological polar surface area (TPSA) is 7.76 Å². The predicted molar refractivity (Wildman–Crippen MR) is 205 cm³/mol. The third-order valence-electron chi connectivity index (χ3n) is 11.2. The van der Waals surface area contributed by atoms with Crippen molar-refractivity contribution in [3.05, 3.63) is 131 Å². The number of hydrogen-bond acceptors (Lipinski definition) is 0. The van der Waals surface area contributed by atoms with Gasteiger partial charge in [0.1, 0.15) is 0 Å². The van der Waals surface area contributed by atoms with Crippen molar-refractivity contribution in [1.82, 2.24) is 0 Å². The molecule has 6 aromatic rings. The molecule has 0 bridgehead atoms. The lowest BCUT2D eigenvalue weighted by Crippen LogP contribution is -2.68. The van der Waals surface area contributed by atoms with Crippen molar-refractivity contribution in [3.8, 4) is 44.8 Å². The molecule has 4 aromatic carbocycles. The molecule has 2 heteroatoms. The van der Waals surface area contributed by atoms with Crippen molar-refractivity contribution in [2.45, 2.75) is 97.8 Å². The van der Waals surface area contributed by atoms with Gasteiger partial charge in [0, 0.05) is 29.2 Å². The zero-order valence-corrected chi connectivity index (χ0v) is 31.2. The van der Waals surface area contributed by atoms with Crippen LogP contribution in [0.3, 0.4) is 0 Å². The number of fused-ring (bicyclic) bond motifs is 13. The quantitative estimate of drug-likeness (QED) is 0.145. The lowest BCUT2D eigenvalue weighted by molar-refractivity contribution is -1.29. The molecule has 2 nitrogen and oxygen atoms in total. The van der Waals surface area contributed by atoms with E-state index in [1.54, 1.807) is 0 Å². The van der Waals surface area contributed by atoms with Crippen molar-refractivity contribution in [3.63, 3.8) is 0 Å². The summed E-state index contributed by atoms with van der Waals surface area (Å²) in [5, 5.41) is 2.66. The summed E-state index contributed by atoms with van der Waals surface area (Å²) in [6.45, 7) is 25.7. The van der Waals surface area contributed by atoms with Crippen molar-refractivity contribution >= 4 is 10.8 Å². The smallest absolute Gasteiger partial charge is 0.0616 e. The average Bonchev–Trinajstić information content (AvgIpc) is 3.27. The van der Waals surface area contributed by atoms with E-state index in [1.807, 2.05) is 0 Å². The first kappa shape index (κ1) is 31.7. The molecule has 0 unspecified atom stereocenters. The van der Waals surface area contributed by atoms with Gasteiger partial charge in [-0.2, -0.15) is 0 Å². The van der Waals surface area contributed by atoms with Gasteiger partial charge >= 0.3 is 0 Å². The molecule has 2 aromatic heterocycles. The minimum absolute atomic E-state index is 0.000417. The van der Waals surface area contributed by atoms with Crippen molar-refractivity contribution in [2.24, 2.45) is 0 Å². The molecule has 3 heterocycles. The fourth-order valence-corrected chi connectivity index (χ4v) is 8.21. The Morgan fingerprint density at radius 3 is 1.82 bits per heavy atom. The van der Waals surface area contributed by atoms with E-state index < -0.39 is 0 Å². The van der Waals surface area contributed by atoms with Crippen LogP contribution in [0.5, 0.6) is 0 Å². The highest BCUT2D eigenvalue weighted by molar-refractivity contribution is 6.01. The number of benzene rings is 4. The van der Waals surface area contributed by atoms with Crippen LogP contribution in [-0.4, -0.2) is 0 Å². The van der Waals surface area contributed by atoms with Gasteiger partial charge in [-0.05, 0) is 102 Å². The molecule has 49 heavy (non-hydrogen) atoms. The Balaban J connectivity index is 1.55. The van der Waals surface area contributed by atoms with Crippen LogP contribution < -0.4 is 9.35 Å². The Labute approximate surface area is 293 Å². The number of hydrogen-bond donors (Lipinski definition) is 0. The minimum atomic E-state index is -0.151. The van der Waals surface area contributed by atoms with E-state index in [0.29, 0.717) is 0 Å². The highest BCUT2D eigenvalue weighted by Gasteiger charge is 2.42. The molecule has 246 valence electrons. The molecule has 0 amide bonds. The molecule has 0 atom stereocenters. The van der Waals surface area contributed by atoms with Crippen LogP contribution in [0.2, 0.25) is 0 Å². The maximum Gasteiger partial charge on any atom is 0.285 e. The normalized spacial score (nSPS) is 14.6. The Morgan fingerprint density at radius 2 is 1.10 bits per heavy atom. The molecule has 1 aliphatic carbocycles. The van der Waals surface area contributed by atoms with E-state index in [-0.39, 0.29) is 21.7 Å². The second-order valence-corrected chi connectivity index (χ2v) is 18.1. The molecule has 0 radical (unpaired) electrons. The van der Waals surface area contributed by atoms with E-state index in [9.17, 15) is 0 Å². The van der Waals surface area contributed by atoms with Crippen LogP contribution in [0.1, 0.15) is 104 Å². The summed E-state index contributed by atoms with van der Waals surface area (Å²) >= 11 is 0. The summed E-state index contributed by atoms with van der Waals surface area (Å²) in [4.78, 5) is 0. The molecule has 0 fully saturated rings. The fraction of sp³-hybridized carbons (Fsp3) is 0.319. The summed E-state index contributed by atoms with van der Waals surface area (Å²) in [5.74, 6) is 0. The Morgan fingerprint density at radius 1 is 0.469 bits per heavy atom. The largest absolute Gasteiger partial charge is 0.285 e. The summed E-state index contributed by atoms with van der Waals surface area (Å²) in [5.41, 5.74) is 16.9. The summed E-state index contributed by atoms with van der Waals surface area (Å²) in [6, 6.07) is 35.3. The SMILES string of the molecule is CC(C)(C)c1ccc2c(c1)-c1cc3c(cc1-c1cc(C(C)(C)C)cc[n+]1-[n+]1cc(C(C)(C)C)ccc1-2)-c1ccc2ccccc2c1C3(C)C. The molecule has 2 aliphatic rings. The van der Waals surface area contributed by atoms with Crippen molar-refractivity contribution in [1.29, 1.82) is 0 Å². The predicted octanol–water partition coefficient (Wildman–Crippen LogP) is 11.2. The Kier molecular flexibility index (Phi) is 6.62. The van der Waals surface area contributed by atoms with Crippen LogP contribution in [0.15, 0.2) is 103 Å². The highest BCUT2D eigenvalue weighted by atomic mass is 15.5. The molecule has 0 N–H and O–H groups in total. The molecule has 0 saturated heterocycles. The van der Waals surface area contributed by atoms with Crippen LogP contribution >= 0.6 is 0 Å². The maximum absolute atomic E-state index is 2.55. The van der Waals surface area contributed by atoms with Gasteiger partial charge in [-0.3, -0.25) is 0 Å². The molecule has 0 saturated carbocycles. The van der Waals surface area contributed by atoms with Gasteiger partial charge in [-0.25, -0.2) is 0 Å². The zero-order chi connectivity index (χ0) is 34.8. The molecule has 1 aliphatic heterocycles. The zero-order valence-electron chi connectivity index (χ0n) is 31.2. The van der Waals surface area contributed by atoms with Gasteiger partial charge in [-0.1, -0.05) is 119 Å². The Bertz CT molecular complexity index is 2350. The minimum Gasteiger partial charge on any atom is -0.0616 e. The summed E-state index contributed by atoms with van der Waals surface area (Å²) in [6.07, 6.45) is 4.66. The summed E-state index contributed by atoms with van der Waals surface area (Å²) < 4.78 is 4.80. The maximum atomic E-state index is 2.55. The van der Waals surface area contributed by atoms with E-state index in [0.717, 1.165) is 0 Å².